The van der Waals surface area contributed by atoms with Gasteiger partial charge in [-0.1, -0.05) is 6.08 Å². The Hall–Kier alpha value is -2.90. The minimum absolute atomic E-state index is 0.0479. The van der Waals surface area contributed by atoms with Crippen LogP contribution in [0, 0.1) is 10.1 Å². The molecule has 1 heterocycles. The van der Waals surface area contributed by atoms with Gasteiger partial charge in [0.1, 0.15) is 6.54 Å². The maximum absolute atomic E-state index is 11.7. The summed E-state index contributed by atoms with van der Waals surface area (Å²) in [5.41, 5.74) is 0.286. The number of rotatable bonds is 5. The highest BCUT2D eigenvalue weighted by Gasteiger charge is 2.27. The number of amides is 1. The zero-order chi connectivity index (χ0) is 15.4. The molecular formula is C13H13N3O5. The Balaban J connectivity index is 2.22. The van der Waals surface area contributed by atoms with Crippen molar-refractivity contribution >= 4 is 23.3 Å². The fraction of sp³-hybridized carbons (Fsp3) is 0.231. The number of nitrogens with zero attached hydrogens (tertiary/aromatic N) is 2. The summed E-state index contributed by atoms with van der Waals surface area (Å²) in [4.78, 5) is 34.9. The van der Waals surface area contributed by atoms with Gasteiger partial charge in [-0.25, -0.2) is 4.79 Å². The second-order valence-corrected chi connectivity index (χ2v) is 4.33. The van der Waals surface area contributed by atoms with E-state index in [1.165, 1.54) is 23.1 Å². The molecule has 0 saturated carbocycles. The van der Waals surface area contributed by atoms with Gasteiger partial charge in [0.2, 0.25) is 5.91 Å². The molecule has 1 aliphatic rings. The third kappa shape index (κ3) is 3.35. The average molecular weight is 291 g/mol. The van der Waals surface area contributed by atoms with Gasteiger partial charge in [-0.3, -0.25) is 14.9 Å². The van der Waals surface area contributed by atoms with E-state index in [9.17, 15) is 19.7 Å². The van der Waals surface area contributed by atoms with Gasteiger partial charge in [0.25, 0.3) is 5.69 Å². The molecule has 2 rings (SSSR count). The van der Waals surface area contributed by atoms with E-state index in [2.05, 4.69) is 11.9 Å². The topological polar surface area (TPSA) is 102 Å². The Kier molecular flexibility index (Phi) is 4.17. The molecule has 8 nitrogen and oxygen atoms in total. The fourth-order valence-electron chi connectivity index (χ4n) is 1.91. The highest BCUT2D eigenvalue weighted by Crippen LogP contribution is 2.34. The molecule has 8 heteroatoms. The van der Waals surface area contributed by atoms with E-state index in [0.717, 1.165) is 0 Å². The van der Waals surface area contributed by atoms with Crippen LogP contribution in [0.15, 0.2) is 30.9 Å². The first-order valence-electron chi connectivity index (χ1n) is 6.13. The van der Waals surface area contributed by atoms with Crippen molar-refractivity contribution in [1.29, 1.82) is 0 Å². The minimum Gasteiger partial charge on any atom is -0.423 e. The van der Waals surface area contributed by atoms with Crippen molar-refractivity contribution < 1.29 is 19.2 Å². The molecule has 0 atom stereocenters. The van der Waals surface area contributed by atoms with Crippen molar-refractivity contribution in [2.24, 2.45) is 0 Å². The number of hydrogen-bond donors (Lipinski definition) is 1. The fourth-order valence-corrected chi connectivity index (χ4v) is 1.91. The van der Waals surface area contributed by atoms with Gasteiger partial charge < -0.3 is 15.0 Å². The number of non-ortho nitro benzene ring substituents is 1. The Morgan fingerprint density at radius 2 is 2.33 bits per heavy atom. The largest absolute Gasteiger partial charge is 0.423 e. The molecule has 0 radical (unpaired) electrons. The summed E-state index contributed by atoms with van der Waals surface area (Å²) in [6.45, 7) is 3.67. The van der Waals surface area contributed by atoms with E-state index < -0.39 is 10.9 Å². The Labute approximate surface area is 120 Å². The normalized spacial score (nSPS) is 13.1. The molecule has 0 unspecified atom stereocenters. The smallest absolute Gasteiger partial charge is 0.331 e. The summed E-state index contributed by atoms with van der Waals surface area (Å²) in [7, 11) is 0. The van der Waals surface area contributed by atoms with Crippen molar-refractivity contribution in [2.75, 3.05) is 24.5 Å². The lowest BCUT2D eigenvalue weighted by Crippen LogP contribution is -2.43. The predicted molar refractivity (Wildman–Crippen MR) is 74.2 cm³/mol. The quantitative estimate of drug-likeness (QED) is 0.280. The van der Waals surface area contributed by atoms with E-state index in [4.69, 9.17) is 4.74 Å². The van der Waals surface area contributed by atoms with Crippen molar-refractivity contribution in [3.05, 3.63) is 41.0 Å². The molecule has 1 aromatic carbocycles. The lowest BCUT2D eigenvalue weighted by Gasteiger charge is -2.28. The highest BCUT2D eigenvalue weighted by molar-refractivity contribution is 5.89. The van der Waals surface area contributed by atoms with E-state index in [1.54, 1.807) is 6.08 Å². The maximum Gasteiger partial charge on any atom is 0.331 e. The lowest BCUT2D eigenvalue weighted by molar-refractivity contribution is -0.384. The van der Waals surface area contributed by atoms with Crippen LogP contribution in [0.4, 0.5) is 11.4 Å². The molecule has 0 spiro atoms. The number of esters is 1. The molecule has 0 bridgehead atoms. The van der Waals surface area contributed by atoms with Crippen molar-refractivity contribution in [3.8, 4) is 5.75 Å². The molecule has 0 aliphatic carbocycles. The summed E-state index contributed by atoms with van der Waals surface area (Å²) in [5.74, 6) is -0.773. The van der Waals surface area contributed by atoms with E-state index in [-0.39, 0.29) is 30.4 Å². The minimum atomic E-state index is -0.580. The van der Waals surface area contributed by atoms with E-state index in [1.807, 2.05) is 0 Å². The number of fused-ring (bicyclic) bond motifs is 1. The zero-order valence-electron chi connectivity index (χ0n) is 11.1. The number of carbonyl (C=O) groups excluding carboxylic acids is 2. The standard InChI is InChI=1S/C13H13N3O5/c1-2-5-14-12(17)7-15-8-13(18)21-11-6-9(16(19)20)3-4-10(11)15/h2-4,6H,1,5,7-8H2,(H,14,17). The summed E-state index contributed by atoms with van der Waals surface area (Å²) in [6, 6.07) is 3.92. The first-order valence-corrected chi connectivity index (χ1v) is 6.13. The van der Waals surface area contributed by atoms with E-state index >= 15 is 0 Å². The van der Waals surface area contributed by atoms with Crippen molar-refractivity contribution in [2.45, 2.75) is 0 Å². The number of anilines is 1. The van der Waals surface area contributed by atoms with Gasteiger partial charge in [-0.05, 0) is 6.07 Å². The molecule has 110 valence electrons. The van der Waals surface area contributed by atoms with Gasteiger partial charge >= 0.3 is 5.97 Å². The second kappa shape index (κ2) is 6.04. The Morgan fingerprint density at radius 3 is 3.00 bits per heavy atom. The van der Waals surface area contributed by atoms with Crippen LogP contribution >= 0.6 is 0 Å². The molecule has 1 N–H and O–H groups in total. The third-order valence-electron chi connectivity index (χ3n) is 2.82. The SMILES string of the molecule is C=CCNC(=O)CN1CC(=O)Oc2cc([N+](=O)[O-])ccc21. The lowest BCUT2D eigenvalue weighted by atomic mass is 10.2. The van der Waals surface area contributed by atoms with Gasteiger partial charge in [0.05, 0.1) is 23.2 Å². The van der Waals surface area contributed by atoms with E-state index in [0.29, 0.717) is 12.2 Å². The molecule has 1 aliphatic heterocycles. The summed E-state index contributed by atoms with van der Waals surface area (Å²) in [5, 5.41) is 13.3. The highest BCUT2D eigenvalue weighted by atomic mass is 16.6. The molecular weight excluding hydrogens is 278 g/mol. The third-order valence-corrected chi connectivity index (χ3v) is 2.82. The van der Waals surface area contributed by atoms with Crippen LogP contribution in [0.25, 0.3) is 0 Å². The first kappa shape index (κ1) is 14.5. The number of carbonyl (C=O) groups is 2. The van der Waals surface area contributed by atoms with Crippen molar-refractivity contribution in [3.63, 3.8) is 0 Å². The van der Waals surface area contributed by atoms with Crippen LogP contribution in [0.3, 0.4) is 0 Å². The van der Waals surface area contributed by atoms with Crippen LogP contribution < -0.4 is 15.0 Å². The number of hydrogen-bond acceptors (Lipinski definition) is 6. The molecule has 0 fully saturated rings. The van der Waals surface area contributed by atoms with Gasteiger partial charge in [0, 0.05) is 12.6 Å². The second-order valence-electron chi connectivity index (χ2n) is 4.33. The van der Waals surface area contributed by atoms with Crippen LogP contribution in [-0.4, -0.2) is 36.4 Å². The molecule has 1 aromatic rings. The number of benzene rings is 1. The predicted octanol–water partition coefficient (Wildman–Crippen LogP) is 0.622. The Bertz CT molecular complexity index is 614. The number of ether oxygens (including phenoxy) is 1. The zero-order valence-corrected chi connectivity index (χ0v) is 11.1. The number of nitro groups is 1. The number of nitrogens with one attached hydrogen (secondary N) is 1. The van der Waals surface area contributed by atoms with Crippen molar-refractivity contribution in [1.82, 2.24) is 5.32 Å². The van der Waals surface area contributed by atoms with Crippen LogP contribution in [0.5, 0.6) is 5.75 Å². The van der Waals surface area contributed by atoms with Crippen LogP contribution in [0.1, 0.15) is 0 Å². The Morgan fingerprint density at radius 1 is 1.57 bits per heavy atom. The molecule has 0 saturated heterocycles. The molecule has 21 heavy (non-hydrogen) atoms. The summed E-state index contributed by atoms with van der Waals surface area (Å²) >= 11 is 0. The summed E-state index contributed by atoms with van der Waals surface area (Å²) < 4.78 is 4.98. The monoisotopic (exact) mass is 291 g/mol. The first-order chi connectivity index (χ1) is 10.0. The average Bonchev–Trinajstić information content (AvgIpc) is 2.44. The maximum atomic E-state index is 11.7. The molecule has 0 aromatic heterocycles. The summed E-state index contributed by atoms with van der Waals surface area (Å²) in [6.07, 6.45) is 1.54. The van der Waals surface area contributed by atoms with Crippen LogP contribution in [0.2, 0.25) is 0 Å². The van der Waals surface area contributed by atoms with Gasteiger partial charge in [0.15, 0.2) is 5.75 Å². The van der Waals surface area contributed by atoms with Crippen LogP contribution in [-0.2, 0) is 9.59 Å². The van der Waals surface area contributed by atoms with Gasteiger partial charge in [-0.15, -0.1) is 6.58 Å². The van der Waals surface area contributed by atoms with Gasteiger partial charge in [-0.2, -0.15) is 0 Å². The molecule has 1 amide bonds. The number of nitro benzene ring substituents is 1.